The Morgan fingerprint density at radius 3 is 2.72 bits per heavy atom. The van der Waals surface area contributed by atoms with E-state index in [1.807, 2.05) is 43.0 Å². The first-order valence-electron chi connectivity index (χ1n) is 9.11. The number of benzene rings is 2. The van der Waals surface area contributed by atoms with Gasteiger partial charge in [-0.1, -0.05) is 0 Å². The molecule has 144 valence electrons. The number of pyridine rings is 1. The van der Waals surface area contributed by atoms with E-state index in [2.05, 4.69) is 9.83 Å². The number of furan rings is 1. The monoisotopic (exact) mass is 390 g/mol. The molecule has 0 spiro atoms. The lowest BCUT2D eigenvalue weighted by Crippen LogP contribution is -2.36. The van der Waals surface area contributed by atoms with Gasteiger partial charge in [0.1, 0.15) is 17.6 Å². The fraction of sp³-hybridized carbons (Fsp3) is 0.182. The number of hydrogen-bond donors (Lipinski definition) is 0. The fourth-order valence-electron chi connectivity index (χ4n) is 4.11. The second-order valence-electron chi connectivity index (χ2n) is 7.21. The van der Waals surface area contributed by atoms with Crippen molar-refractivity contribution in [3.63, 3.8) is 0 Å². The van der Waals surface area contributed by atoms with Crippen LogP contribution >= 0.6 is 0 Å². The molecule has 0 aliphatic carbocycles. The lowest BCUT2D eigenvalue weighted by atomic mass is 10.1. The van der Waals surface area contributed by atoms with Crippen molar-refractivity contribution in [3.8, 4) is 0 Å². The molecule has 7 heteroatoms. The second kappa shape index (κ2) is 5.92. The van der Waals surface area contributed by atoms with Crippen molar-refractivity contribution < 1.29 is 13.2 Å². The van der Waals surface area contributed by atoms with Crippen LogP contribution < -0.4 is 9.80 Å². The molecule has 0 fully saturated rings. The Hall–Kier alpha value is -3.66. The molecule has 0 radical (unpaired) electrons. The minimum Gasteiger partial charge on any atom is -0.438 e. The van der Waals surface area contributed by atoms with Gasteiger partial charge in [0, 0.05) is 35.8 Å². The van der Waals surface area contributed by atoms with Gasteiger partial charge in [-0.2, -0.15) is 0 Å². The van der Waals surface area contributed by atoms with Gasteiger partial charge in [0.05, 0.1) is 17.9 Å². The summed E-state index contributed by atoms with van der Waals surface area (Å²) in [6.07, 6.45) is 1.39. The van der Waals surface area contributed by atoms with Gasteiger partial charge in [-0.15, -0.1) is 0 Å². The average Bonchev–Trinajstić information content (AvgIpc) is 3.16. The molecule has 5 rings (SSSR count). The number of aromatic nitrogens is 1. The zero-order valence-electron chi connectivity index (χ0n) is 16.0. The Labute approximate surface area is 165 Å². The van der Waals surface area contributed by atoms with Crippen LogP contribution in [0.3, 0.4) is 0 Å². The molecule has 0 unspecified atom stereocenters. The van der Waals surface area contributed by atoms with Crippen LogP contribution in [-0.4, -0.2) is 18.2 Å². The SMILES string of the molecule is [C-]#[N+]c1c(F)cc2c(c1F)N(C)[C@H](C)N2c1cc2oc3ncccc3c2cc1C. The van der Waals surface area contributed by atoms with Gasteiger partial charge in [-0.3, -0.25) is 0 Å². The van der Waals surface area contributed by atoms with E-state index in [-0.39, 0.29) is 11.9 Å². The maximum Gasteiger partial charge on any atom is 0.259 e. The van der Waals surface area contributed by atoms with Crippen LogP contribution in [0, 0.1) is 25.1 Å². The van der Waals surface area contributed by atoms with Gasteiger partial charge in [0.2, 0.25) is 5.71 Å². The van der Waals surface area contributed by atoms with E-state index in [9.17, 15) is 8.78 Å². The lowest BCUT2D eigenvalue weighted by Gasteiger charge is -2.29. The third-order valence-electron chi connectivity index (χ3n) is 5.63. The Morgan fingerprint density at radius 2 is 1.97 bits per heavy atom. The van der Waals surface area contributed by atoms with Crippen LogP contribution in [0.2, 0.25) is 0 Å². The van der Waals surface area contributed by atoms with Crippen molar-refractivity contribution in [2.24, 2.45) is 0 Å². The lowest BCUT2D eigenvalue weighted by molar-refractivity contribution is 0.594. The van der Waals surface area contributed by atoms with Gasteiger partial charge in [-0.05, 0) is 43.7 Å². The highest BCUT2D eigenvalue weighted by molar-refractivity contribution is 6.05. The third kappa shape index (κ3) is 2.26. The molecule has 1 atom stereocenters. The third-order valence-corrected chi connectivity index (χ3v) is 5.63. The maximum atomic E-state index is 14.9. The number of rotatable bonds is 1. The Balaban J connectivity index is 1.77. The van der Waals surface area contributed by atoms with E-state index < -0.39 is 17.3 Å². The van der Waals surface area contributed by atoms with E-state index in [1.54, 1.807) is 18.1 Å². The molecule has 0 N–H and O–H groups in total. The standard InChI is InChI=1S/C22H16F2N4O/c1-11-8-14-13-6-5-7-26-22(13)29-18(14)10-16(11)28-12(2)27(4)21-17(28)9-15(23)20(25-3)19(21)24/h5-10,12H,1-2,4H3/t12-/m0/s1. The van der Waals surface area contributed by atoms with Gasteiger partial charge in [0.25, 0.3) is 5.69 Å². The van der Waals surface area contributed by atoms with Crippen LogP contribution in [0.25, 0.3) is 26.9 Å². The topological polar surface area (TPSA) is 36.9 Å². The summed E-state index contributed by atoms with van der Waals surface area (Å²) in [6.45, 7) is 10.9. The van der Waals surface area contributed by atoms with E-state index in [4.69, 9.17) is 11.0 Å². The maximum absolute atomic E-state index is 14.9. The van der Waals surface area contributed by atoms with Crippen molar-refractivity contribution in [2.45, 2.75) is 20.0 Å². The average molecular weight is 390 g/mol. The predicted octanol–water partition coefficient (Wildman–Crippen LogP) is 6.05. The summed E-state index contributed by atoms with van der Waals surface area (Å²) in [6, 6.07) is 8.92. The smallest absolute Gasteiger partial charge is 0.259 e. The quantitative estimate of drug-likeness (QED) is 0.371. The highest BCUT2D eigenvalue weighted by Gasteiger charge is 2.37. The summed E-state index contributed by atoms with van der Waals surface area (Å²) < 4.78 is 35.2. The van der Waals surface area contributed by atoms with Gasteiger partial charge in [0.15, 0.2) is 5.82 Å². The van der Waals surface area contributed by atoms with Crippen molar-refractivity contribution in [1.29, 1.82) is 0 Å². The molecule has 5 nitrogen and oxygen atoms in total. The Bertz CT molecular complexity index is 1350. The zero-order chi connectivity index (χ0) is 20.4. The molecule has 0 bridgehead atoms. The second-order valence-corrected chi connectivity index (χ2v) is 7.21. The largest absolute Gasteiger partial charge is 0.438 e. The molecule has 0 saturated carbocycles. The van der Waals surface area contributed by atoms with Crippen LogP contribution in [0.1, 0.15) is 12.5 Å². The molecular weight excluding hydrogens is 374 g/mol. The Morgan fingerprint density at radius 1 is 1.17 bits per heavy atom. The minimum atomic E-state index is -0.865. The van der Waals surface area contributed by atoms with Gasteiger partial charge >= 0.3 is 0 Å². The molecule has 1 aliphatic rings. The highest BCUT2D eigenvalue weighted by Crippen LogP contribution is 2.49. The molecule has 0 amide bonds. The molecular formula is C22H16F2N4O. The Kier molecular flexibility index (Phi) is 3.56. The number of fused-ring (bicyclic) bond motifs is 4. The highest BCUT2D eigenvalue weighted by atomic mass is 19.1. The molecule has 3 heterocycles. The van der Waals surface area contributed by atoms with Crippen LogP contribution in [0.5, 0.6) is 0 Å². The summed E-state index contributed by atoms with van der Waals surface area (Å²) in [5.41, 5.74) is 2.94. The molecule has 0 saturated heterocycles. The van der Waals surface area contributed by atoms with Crippen molar-refractivity contribution in [1.82, 2.24) is 4.98 Å². The summed E-state index contributed by atoms with van der Waals surface area (Å²) in [5.74, 6) is -1.70. The van der Waals surface area contributed by atoms with E-state index in [0.29, 0.717) is 17.0 Å². The van der Waals surface area contributed by atoms with Crippen molar-refractivity contribution in [3.05, 3.63) is 65.1 Å². The van der Waals surface area contributed by atoms with Gasteiger partial charge < -0.3 is 14.2 Å². The normalized spacial score (nSPS) is 15.9. The van der Waals surface area contributed by atoms with Crippen molar-refractivity contribution >= 4 is 44.8 Å². The minimum absolute atomic E-state index is 0.218. The predicted molar refractivity (Wildman–Crippen MR) is 109 cm³/mol. The first-order chi connectivity index (χ1) is 13.9. The van der Waals surface area contributed by atoms with Crippen LogP contribution in [-0.2, 0) is 0 Å². The molecule has 4 aromatic rings. The number of hydrogen-bond acceptors (Lipinski definition) is 4. The number of aryl methyl sites for hydroxylation is 1. The first-order valence-corrected chi connectivity index (χ1v) is 9.11. The molecule has 2 aromatic carbocycles. The van der Waals surface area contributed by atoms with E-state index >= 15 is 0 Å². The number of halogens is 2. The summed E-state index contributed by atoms with van der Waals surface area (Å²) in [4.78, 5) is 10.9. The zero-order valence-corrected chi connectivity index (χ0v) is 16.0. The first kappa shape index (κ1) is 17.4. The fourth-order valence-corrected chi connectivity index (χ4v) is 4.11. The van der Waals surface area contributed by atoms with Crippen molar-refractivity contribution in [2.75, 3.05) is 16.8 Å². The summed E-state index contributed by atoms with van der Waals surface area (Å²) >= 11 is 0. The molecule has 2 aromatic heterocycles. The molecule has 1 aliphatic heterocycles. The number of anilines is 3. The van der Waals surface area contributed by atoms with E-state index in [0.717, 1.165) is 22.0 Å². The summed E-state index contributed by atoms with van der Waals surface area (Å²) in [5, 5.41) is 1.86. The van der Waals surface area contributed by atoms with E-state index in [1.165, 1.54) is 6.07 Å². The van der Waals surface area contributed by atoms with Gasteiger partial charge in [-0.25, -0.2) is 18.6 Å². The summed E-state index contributed by atoms with van der Waals surface area (Å²) in [7, 11) is 1.73. The van der Waals surface area contributed by atoms with Crippen LogP contribution in [0.4, 0.5) is 31.5 Å². The van der Waals surface area contributed by atoms with Crippen LogP contribution in [0.15, 0.2) is 40.9 Å². The number of nitrogens with zero attached hydrogens (tertiary/aromatic N) is 4. The molecule has 29 heavy (non-hydrogen) atoms.